The monoisotopic (exact) mass is 686 g/mol. The van der Waals surface area contributed by atoms with Crippen molar-refractivity contribution in [3.63, 3.8) is 0 Å². The molecule has 0 aliphatic heterocycles. The first-order chi connectivity index (χ1) is 24.1. The van der Waals surface area contributed by atoms with Crippen LogP contribution in [0.4, 0.5) is 0 Å². The third kappa shape index (κ3) is 34.3. The van der Waals surface area contributed by atoms with Gasteiger partial charge in [0.1, 0.15) is 6.10 Å². The summed E-state index contributed by atoms with van der Waals surface area (Å²) in [7, 11) is 0. The van der Waals surface area contributed by atoms with E-state index >= 15 is 0 Å². The summed E-state index contributed by atoms with van der Waals surface area (Å²) >= 11 is 0. The van der Waals surface area contributed by atoms with E-state index in [2.05, 4.69) is 55.6 Å². The molecule has 0 aliphatic rings. The lowest BCUT2D eigenvalue weighted by Gasteiger charge is -2.21. The summed E-state index contributed by atoms with van der Waals surface area (Å²) in [4.78, 5) is 12.4. The standard InChI is InChI=1S/C44H79NO4/c1-3-5-7-9-11-13-15-17-18-19-20-21-22-23-24-25-26-27-29-30-32-34-36-38-42(47)41(40-46)45-44(49)43(48)39-37-35-33-31-28-16-14-12-10-8-6-4-2/h24-25,28-31,35-38,41-43,46-48H,3-23,26-27,32-34,39-40H2,1-2H3,(H,45,49)/b25-24+,30-29+,31-28-,37-35-,38-36+. The first-order valence-corrected chi connectivity index (χ1v) is 20.6. The number of allylic oxidation sites excluding steroid dienone is 8. The number of carbonyl (C=O) groups excluding carboxylic acids is 1. The fraction of sp³-hybridized carbons (Fsp3) is 0.750. The summed E-state index contributed by atoms with van der Waals surface area (Å²) in [6.07, 6.45) is 51.3. The summed E-state index contributed by atoms with van der Waals surface area (Å²) < 4.78 is 0. The minimum atomic E-state index is -1.22. The molecule has 0 bridgehead atoms. The van der Waals surface area contributed by atoms with Crippen molar-refractivity contribution in [3.05, 3.63) is 60.8 Å². The molecular formula is C44H79NO4. The van der Waals surface area contributed by atoms with Gasteiger partial charge in [0.2, 0.25) is 5.91 Å². The summed E-state index contributed by atoms with van der Waals surface area (Å²) in [5.74, 6) is -0.587. The molecule has 284 valence electrons. The highest BCUT2D eigenvalue weighted by Crippen LogP contribution is 2.13. The van der Waals surface area contributed by atoms with Crippen LogP contribution in [-0.2, 0) is 4.79 Å². The zero-order valence-electron chi connectivity index (χ0n) is 32.1. The van der Waals surface area contributed by atoms with Crippen molar-refractivity contribution in [1.29, 1.82) is 0 Å². The van der Waals surface area contributed by atoms with Gasteiger partial charge < -0.3 is 20.6 Å². The van der Waals surface area contributed by atoms with E-state index in [-0.39, 0.29) is 6.42 Å². The predicted octanol–water partition coefficient (Wildman–Crippen LogP) is 11.5. The van der Waals surface area contributed by atoms with Crippen molar-refractivity contribution in [3.8, 4) is 0 Å². The molecule has 0 rings (SSSR count). The summed E-state index contributed by atoms with van der Waals surface area (Å²) in [5.41, 5.74) is 0. The minimum Gasteiger partial charge on any atom is -0.394 e. The lowest BCUT2D eigenvalue weighted by Crippen LogP contribution is -2.48. The van der Waals surface area contributed by atoms with E-state index in [1.807, 2.05) is 12.2 Å². The van der Waals surface area contributed by atoms with Gasteiger partial charge in [-0.05, 0) is 57.8 Å². The van der Waals surface area contributed by atoms with Crippen LogP contribution in [0.2, 0.25) is 0 Å². The summed E-state index contributed by atoms with van der Waals surface area (Å²) in [6, 6.07) is -0.852. The lowest BCUT2D eigenvalue weighted by molar-refractivity contribution is -0.131. The predicted molar refractivity (Wildman–Crippen MR) is 213 cm³/mol. The van der Waals surface area contributed by atoms with Crippen LogP contribution in [0.1, 0.15) is 187 Å². The van der Waals surface area contributed by atoms with Crippen LogP contribution in [0.15, 0.2) is 60.8 Å². The van der Waals surface area contributed by atoms with Crippen molar-refractivity contribution < 1.29 is 20.1 Å². The number of nitrogens with one attached hydrogen (secondary N) is 1. The van der Waals surface area contributed by atoms with E-state index < -0.39 is 30.8 Å². The van der Waals surface area contributed by atoms with Gasteiger partial charge in [-0.15, -0.1) is 0 Å². The van der Waals surface area contributed by atoms with E-state index in [1.165, 1.54) is 128 Å². The molecule has 1 amide bonds. The maximum absolute atomic E-state index is 12.4. The Morgan fingerprint density at radius 1 is 0.510 bits per heavy atom. The highest BCUT2D eigenvalue weighted by atomic mass is 16.3. The number of hydrogen-bond acceptors (Lipinski definition) is 4. The second-order valence-corrected chi connectivity index (χ2v) is 13.8. The average molecular weight is 686 g/mol. The maximum atomic E-state index is 12.4. The SMILES string of the molecule is CCCCCCCC/C=C\C/C=C\CC(O)C(=O)NC(CO)C(O)/C=C/CC/C=C/CC/C=C/CCCCCCCCCCCCCCC. The number of hydrogen-bond donors (Lipinski definition) is 4. The molecule has 0 aliphatic carbocycles. The number of rotatable bonds is 36. The van der Waals surface area contributed by atoms with Crippen LogP contribution in [0.3, 0.4) is 0 Å². The number of unbranched alkanes of at least 4 members (excludes halogenated alkanes) is 21. The van der Waals surface area contributed by atoms with E-state index in [9.17, 15) is 20.1 Å². The van der Waals surface area contributed by atoms with E-state index in [0.29, 0.717) is 0 Å². The molecule has 0 aromatic rings. The Kier molecular flexibility index (Phi) is 37.3. The topological polar surface area (TPSA) is 89.8 Å². The first kappa shape index (κ1) is 47.0. The molecule has 0 aromatic heterocycles. The van der Waals surface area contributed by atoms with Gasteiger partial charge in [-0.2, -0.15) is 0 Å². The van der Waals surface area contributed by atoms with E-state index in [4.69, 9.17) is 0 Å². The molecule has 0 aromatic carbocycles. The van der Waals surface area contributed by atoms with Gasteiger partial charge in [0, 0.05) is 6.42 Å². The number of carbonyl (C=O) groups is 1. The molecule has 4 N–H and O–H groups in total. The van der Waals surface area contributed by atoms with Crippen molar-refractivity contribution in [1.82, 2.24) is 5.32 Å². The maximum Gasteiger partial charge on any atom is 0.249 e. The molecule has 0 spiro atoms. The molecule has 0 fully saturated rings. The zero-order valence-corrected chi connectivity index (χ0v) is 32.1. The highest BCUT2D eigenvalue weighted by Gasteiger charge is 2.22. The molecule has 5 heteroatoms. The Morgan fingerprint density at radius 2 is 0.898 bits per heavy atom. The van der Waals surface area contributed by atoms with Gasteiger partial charge in [0.25, 0.3) is 0 Å². The third-order valence-corrected chi connectivity index (χ3v) is 9.07. The zero-order chi connectivity index (χ0) is 35.9. The third-order valence-electron chi connectivity index (χ3n) is 9.07. The van der Waals surface area contributed by atoms with Crippen LogP contribution < -0.4 is 5.32 Å². The molecule has 0 saturated heterocycles. The first-order valence-electron chi connectivity index (χ1n) is 20.6. The van der Waals surface area contributed by atoms with Crippen LogP contribution in [0, 0.1) is 0 Å². The molecule has 5 nitrogen and oxygen atoms in total. The average Bonchev–Trinajstić information content (AvgIpc) is 3.11. The number of aliphatic hydroxyl groups is 3. The lowest BCUT2D eigenvalue weighted by atomic mass is 10.0. The summed E-state index contributed by atoms with van der Waals surface area (Å²) in [5, 5.41) is 32.8. The van der Waals surface area contributed by atoms with Crippen LogP contribution in [0.25, 0.3) is 0 Å². The van der Waals surface area contributed by atoms with Crippen molar-refractivity contribution in [2.24, 2.45) is 0 Å². The Balaban J connectivity index is 3.83. The van der Waals surface area contributed by atoms with Crippen LogP contribution in [0.5, 0.6) is 0 Å². The van der Waals surface area contributed by atoms with Crippen molar-refractivity contribution >= 4 is 5.91 Å². The van der Waals surface area contributed by atoms with E-state index in [0.717, 1.165) is 38.5 Å². The second-order valence-electron chi connectivity index (χ2n) is 13.8. The fourth-order valence-corrected chi connectivity index (χ4v) is 5.79. The quantitative estimate of drug-likeness (QED) is 0.0390. The largest absolute Gasteiger partial charge is 0.394 e. The highest BCUT2D eigenvalue weighted by molar-refractivity contribution is 5.81. The summed E-state index contributed by atoms with van der Waals surface area (Å²) in [6.45, 7) is 4.11. The van der Waals surface area contributed by atoms with Gasteiger partial charge in [-0.25, -0.2) is 0 Å². The van der Waals surface area contributed by atoms with E-state index in [1.54, 1.807) is 12.2 Å². The molecule has 3 atom stereocenters. The number of amides is 1. The molecule has 0 radical (unpaired) electrons. The molecular weight excluding hydrogens is 606 g/mol. The fourth-order valence-electron chi connectivity index (χ4n) is 5.79. The Labute approximate surface area is 303 Å². The van der Waals surface area contributed by atoms with Gasteiger partial charge in [0.05, 0.1) is 18.8 Å². The van der Waals surface area contributed by atoms with Crippen molar-refractivity contribution in [2.75, 3.05) is 6.61 Å². The van der Waals surface area contributed by atoms with Gasteiger partial charge in [-0.1, -0.05) is 184 Å². The smallest absolute Gasteiger partial charge is 0.249 e. The van der Waals surface area contributed by atoms with Crippen LogP contribution in [-0.4, -0.2) is 46.1 Å². The van der Waals surface area contributed by atoms with Gasteiger partial charge >= 0.3 is 0 Å². The minimum absolute atomic E-state index is 0.197. The molecule has 0 heterocycles. The van der Waals surface area contributed by atoms with Gasteiger partial charge in [0.15, 0.2) is 0 Å². The number of aliphatic hydroxyl groups excluding tert-OH is 3. The Morgan fingerprint density at radius 3 is 1.37 bits per heavy atom. The van der Waals surface area contributed by atoms with Gasteiger partial charge in [-0.3, -0.25) is 4.79 Å². The molecule has 0 saturated carbocycles. The Bertz CT molecular complexity index is 846. The second kappa shape index (κ2) is 38.8. The Hall–Kier alpha value is -1.95. The normalized spacial score (nSPS) is 14.3. The van der Waals surface area contributed by atoms with Crippen molar-refractivity contribution in [2.45, 2.75) is 205 Å². The van der Waals surface area contributed by atoms with Crippen LogP contribution >= 0.6 is 0 Å². The molecule has 49 heavy (non-hydrogen) atoms. The molecule has 3 unspecified atom stereocenters.